The Morgan fingerprint density at radius 1 is 1.38 bits per heavy atom. The summed E-state index contributed by atoms with van der Waals surface area (Å²) in [5.41, 5.74) is 2.16. The summed E-state index contributed by atoms with van der Waals surface area (Å²) >= 11 is 3.52. The third-order valence-electron chi connectivity index (χ3n) is 3.71. The first-order valence-corrected chi connectivity index (χ1v) is 8.55. The molecule has 0 atom stereocenters. The van der Waals surface area contributed by atoms with E-state index in [0.29, 0.717) is 24.6 Å². The predicted octanol–water partition coefficient (Wildman–Crippen LogP) is 2.61. The Labute approximate surface area is 148 Å². The lowest BCUT2D eigenvalue weighted by Gasteiger charge is -2.28. The summed E-state index contributed by atoms with van der Waals surface area (Å²) < 4.78 is 6.18. The molecule has 2 aromatic heterocycles. The summed E-state index contributed by atoms with van der Waals surface area (Å²) in [5.74, 6) is 0.854. The number of nitrogens with zero attached hydrogens (tertiary/aromatic N) is 3. The van der Waals surface area contributed by atoms with Crippen molar-refractivity contribution in [1.82, 2.24) is 15.2 Å². The lowest BCUT2D eigenvalue weighted by molar-refractivity contribution is 0.122. The molecule has 2 aromatic rings. The smallest absolute Gasteiger partial charge is 0.323 e. The number of pyridine rings is 1. The molecular formula is C15H19BrN6O2. The van der Waals surface area contributed by atoms with Gasteiger partial charge in [-0.25, -0.2) is 9.78 Å². The number of hydrogen-bond acceptors (Lipinski definition) is 5. The van der Waals surface area contributed by atoms with Gasteiger partial charge in [0.2, 0.25) is 0 Å². The number of rotatable bonds is 4. The van der Waals surface area contributed by atoms with Crippen LogP contribution in [0.3, 0.4) is 0 Å². The van der Waals surface area contributed by atoms with Gasteiger partial charge in [0.05, 0.1) is 47.1 Å². The van der Waals surface area contributed by atoms with Crippen molar-refractivity contribution in [2.75, 3.05) is 41.8 Å². The fraction of sp³-hybridized carbons (Fsp3) is 0.400. The Hall–Kier alpha value is -2.13. The molecule has 0 bridgehead atoms. The van der Waals surface area contributed by atoms with Crippen LogP contribution in [-0.2, 0) is 11.2 Å². The number of morpholine rings is 1. The predicted molar refractivity (Wildman–Crippen MR) is 95.6 cm³/mol. The van der Waals surface area contributed by atoms with Gasteiger partial charge in [-0.15, -0.1) is 0 Å². The molecule has 1 saturated heterocycles. The topological polar surface area (TPSA) is 95.2 Å². The zero-order valence-electron chi connectivity index (χ0n) is 13.3. The van der Waals surface area contributed by atoms with Crippen LogP contribution in [0.15, 0.2) is 22.9 Å². The van der Waals surface area contributed by atoms with E-state index >= 15 is 0 Å². The highest BCUT2D eigenvalue weighted by molar-refractivity contribution is 9.10. The second-order valence-corrected chi connectivity index (χ2v) is 6.18. The molecule has 0 saturated carbocycles. The SMILES string of the molecule is CCc1[nH]ncc1NC(=O)Nc1cnc(N2CCOCC2)c(Br)c1. The van der Waals surface area contributed by atoms with Crippen molar-refractivity contribution >= 4 is 39.2 Å². The van der Waals surface area contributed by atoms with E-state index in [9.17, 15) is 4.79 Å². The number of aromatic amines is 1. The van der Waals surface area contributed by atoms with E-state index in [2.05, 4.69) is 46.6 Å². The molecule has 9 heteroatoms. The number of carbonyl (C=O) groups excluding carboxylic acids is 1. The minimum absolute atomic E-state index is 0.334. The fourth-order valence-electron chi connectivity index (χ4n) is 2.48. The molecule has 1 aliphatic heterocycles. The molecule has 0 spiro atoms. The van der Waals surface area contributed by atoms with Gasteiger partial charge in [0, 0.05) is 13.1 Å². The molecule has 128 valence electrons. The lowest BCUT2D eigenvalue weighted by Crippen LogP contribution is -2.37. The van der Waals surface area contributed by atoms with Crippen LogP contribution in [0.1, 0.15) is 12.6 Å². The van der Waals surface area contributed by atoms with E-state index in [1.165, 1.54) is 0 Å². The summed E-state index contributed by atoms with van der Waals surface area (Å²) in [4.78, 5) is 18.7. The van der Waals surface area contributed by atoms with Gasteiger partial charge in [0.25, 0.3) is 0 Å². The Balaban J connectivity index is 1.64. The molecule has 1 aliphatic rings. The van der Waals surface area contributed by atoms with Crippen molar-refractivity contribution in [3.05, 3.63) is 28.6 Å². The second-order valence-electron chi connectivity index (χ2n) is 5.32. The molecule has 3 heterocycles. The largest absolute Gasteiger partial charge is 0.378 e. The Bertz CT molecular complexity index is 714. The summed E-state index contributed by atoms with van der Waals surface area (Å²) in [6, 6.07) is 1.51. The minimum atomic E-state index is -0.334. The first-order valence-electron chi connectivity index (χ1n) is 7.76. The zero-order valence-corrected chi connectivity index (χ0v) is 14.9. The Morgan fingerprint density at radius 3 is 2.88 bits per heavy atom. The number of amides is 2. The maximum atomic E-state index is 12.1. The third-order valence-corrected chi connectivity index (χ3v) is 4.29. The van der Waals surface area contributed by atoms with Gasteiger partial charge >= 0.3 is 6.03 Å². The van der Waals surface area contributed by atoms with E-state index in [4.69, 9.17) is 4.74 Å². The first kappa shape index (κ1) is 16.7. The fourth-order valence-corrected chi connectivity index (χ4v) is 3.08. The van der Waals surface area contributed by atoms with E-state index in [0.717, 1.165) is 35.5 Å². The van der Waals surface area contributed by atoms with Gasteiger partial charge in [-0.3, -0.25) is 5.10 Å². The molecular weight excluding hydrogens is 376 g/mol. The van der Waals surface area contributed by atoms with Gasteiger partial charge in [0.15, 0.2) is 0 Å². The number of aryl methyl sites for hydroxylation is 1. The van der Waals surface area contributed by atoms with E-state index in [1.807, 2.05) is 13.0 Å². The van der Waals surface area contributed by atoms with Gasteiger partial charge < -0.3 is 20.3 Å². The van der Waals surface area contributed by atoms with E-state index < -0.39 is 0 Å². The van der Waals surface area contributed by atoms with Gasteiger partial charge in [0.1, 0.15) is 5.82 Å². The number of hydrogen-bond donors (Lipinski definition) is 3. The van der Waals surface area contributed by atoms with Crippen molar-refractivity contribution < 1.29 is 9.53 Å². The summed E-state index contributed by atoms with van der Waals surface area (Å²) in [6.45, 7) is 4.99. The normalized spacial score (nSPS) is 14.5. The molecule has 3 N–H and O–H groups in total. The monoisotopic (exact) mass is 394 g/mol. The van der Waals surface area contributed by atoms with Crippen LogP contribution in [0.2, 0.25) is 0 Å². The van der Waals surface area contributed by atoms with Crippen molar-refractivity contribution in [2.45, 2.75) is 13.3 Å². The van der Waals surface area contributed by atoms with Crippen LogP contribution in [-0.4, -0.2) is 47.5 Å². The van der Waals surface area contributed by atoms with E-state index in [1.54, 1.807) is 12.4 Å². The number of aromatic nitrogens is 3. The Kier molecular flexibility index (Phi) is 5.31. The van der Waals surface area contributed by atoms with Gasteiger partial charge in [-0.2, -0.15) is 5.10 Å². The number of ether oxygens (including phenoxy) is 1. The Morgan fingerprint density at radius 2 is 2.17 bits per heavy atom. The summed E-state index contributed by atoms with van der Waals surface area (Å²) in [5, 5.41) is 12.3. The zero-order chi connectivity index (χ0) is 16.9. The van der Waals surface area contributed by atoms with Crippen LogP contribution in [0.4, 0.5) is 22.0 Å². The van der Waals surface area contributed by atoms with Crippen LogP contribution in [0.5, 0.6) is 0 Å². The average molecular weight is 395 g/mol. The highest BCUT2D eigenvalue weighted by Gasteiger charge is 2.16. The highest BCUT2D eigenvalue weighted by atomic mass is 79.9. The van der Waals surface area contributed by atoms with Crippen molar-refractivity contribution in [3.8, 4) is 0 Å². The highest BCUT2D eigenvalue weighted by Crippen LogP contribution is 2.27. The second kappa shape index (κ2) is 7.63. The van der Waals surface area contributed by atoms with Crippen LogP contribution >= 0.6 is 15.9 Å². The van der Waals surface area contributed by atoms with Gasteiger partial charge in [-0.05, 0) is 28.4 Å². The quantitative estimate of drug-likeness (QED) is 0.740. The molecule has 8 nitrogen and oxygen atoms in total. The number of nitrogens with one attached hydrogen (secondary N) is 3. The molecule has 0 aliphatic carbocycles. The molecule has 3 rings (SSSR count). The number of anilines is 3. The molecule has 0 unspecified atom stereocenters. The van der Waals surface area contributed by atoms with Crippen molar-refractivity contribution in [3.63, 3.8) is 0 Å². The maximum absolute atomic E-state index is 12.1. The molecule has 0 aromatic carbocycles. The van der Waals surface area contributed by atoms with E-state index in [-0.39, 0.29) is 6.03 Å². The maximum Gasteiger partial charge on any atom is 0.323 e. The minimum Gasteiger partial charge on any atom is -0.378 e. The first-order chi connectivity index (χ1) is 11.7. The molecule has 24 heavy (non-hydrogen) atoms. The number of urea groups is 1. The van der Waals surface area contributed by atoms with Crippen LogP contribution in [0.25, 0.3) is 0 Å². The standard InChI is InChI=1S/C15H19BrN6O2/c1-2-12-13(9-18-21-12)20-15(23)19-10-7-11(16)14(17-8-10)22-3-5-24-6-4-22/h7-9H,2-6H2,1H3,(H,18,21)(H2,19,20,23). The van der Waals surface area contributed by atoms with Crippen LogP contribution in [0, 0.1) is 0 Å². The summed E-state index contributed by atoms with van der Waals surface area (Å²) in [7, 11) is 0. The number of carbonyl (C=O) groups is 1. The average Bonchev–Trinajstić information content (AvgIpc) is 3.02. The van der Waals surface area contributed by atoms with Crippen molar-refractivity contribution in [2.24, 2.45) is 0 Å². The molecule has 1 fully saturated rings. The van der Waals surface area contributed by atoms with Crippen molar-refractivity contribution in [1.29, 1.82) is 0 Å². The summed E-state index contributed by atoms with van der Waals surface area (Å²) in [6.07, 6.45) is 4.00. The number of halogens is 1. The van der Waals surface area contributed by atoms with Crippen LogP contribution < -0.4 is 15.5 Å². The van der Waals surface area contributed by atoms with Gasteiger partial charge in [-0.1, -0.05) is 6.92 Å². The lowest BCUT2D eigenvalue weighted by atomic mass is 10.3. The molecule has 2 amide bonds. The third kappa shape index (κ3) is 3.85. The number of H-pyrrole nitrogens is 1. The molecule has 0 radical (unpaired) electrons.